The van der Waals surface area contributed by atoms with Crippen LogP contribution in [0.5, 0.6) is 10.9 Å². The van der Waals surface area contributed by atoms with Gasteiger partial charge < -0.3 is 10.5 Å². The first kappa shape index (κ1) is 11.5. The predicted molar refractivity (Wildman–Crippen MR) is 62.1 cm³/mol. The molecule has 88 valence electrons. The van der Waals surface area contributed by atoms with E-state index in [1.165, 1.54) is 18.5 Å². The Morgan fingerprint density at radius 2 is 2.35 bits per heavy atom. The molecule has 1 amide bonds. The van der Waals surface area contributed by atoms with E-state index < -0.39 is 5.91 Å². The smallest absolute Gasteiger partial charge is 0.298 e. The van der Waals surface area contributed by atoms with Gasteiger partial charge in [-0.2, -0.15) is 9.36 Å². The average molecular weight is 250 g/mol. The minimum absolute atomic E-state index is 0.294. The first-order valence-electron chi connectivity index (χ1n) is 4.94. The fourth-order valence-electron chi connectivity index (χ4n) is 1.13. The van der Waals surface area contributed by atoms with Gasteiger partial charge in [0, 0.05) is 24.2 Å². The lowest BCUT2D eigenvalue weighted by molar-refractivity contribution is 0.0999. The summed E-state index contributed by atoms with van der Waals surface area (Å²) in [7, 11) is 0. The summed E-state index contributed by atoms with van der Waals surface area (Å²) in [6.07, 6.45) is 3.62. The third kappa shape index (κ3) is 2.76. The minimum atomic E-state index is -0.547. The van der Waals surface area contributed by atoms with Gasteiger partial charge >= 0.3 is 0 Å². The van der Waals surface area contributed by atoms with Crippen molar-refractivity contribution in [2.45, 2.75) is 13.3 Å². The van der Waals surface area contributed by atoms with Gasteiger partial charge in [0.15, 0.2) is 0 Å². The quantitative estimate of drug-likeness (QED) is 0.885. The van der Waals surface area contributed by atoms with E-state index in [-0.39, 0.29) is 0 Å². The molecule has 0 aliphatic rings. The molecule has 0 unspecified atom stereocenters. The van der Waals surface area contributed by atoms with Crippen LogP contribution in [0.25, 0.3) is 0 Å². The van der Waals surface area contributed by atoms with Crippen LogP contribution in [0.3, 0.4) is 0 Å². The molecule has 0 aromatic carbocycles. The molecule has 0 saturated carbocycles. The zero-order valence-electron chi connectivity index (χ0n) is 9.08. The summed E-state index contributed by atoms with van der Waals surface area (Å²) in [5.74, 6) is 0.596. The Morgan fingerprint density at radius 1 is 1.53 bits per heavy atom. The lowest BCUT2D eigenvalue weighted by Crippen LogP contribution is -2.11. The molecule has 2 rings (SSSR count). The number of primary amides is 1. The maximum absolute atomic E-state index is 11.0. The van der Waals surface area contributed by atoms with Crippen LogP contribution >= 0.6 is 11.5 Å². The van der Waals surface area contributed by atoms with E-state index in [0.29, 0.717) is 16.5 Å². The van der Waals surface area contributed by atoms with Crippen LogP contribution in [0.1, 0.15) is 23.1 Å². The Hall–Kier alpha value is -2.02. The molecule has 2 heterocycles. The highest BCUT2D eigenvalue weighted by Crippen LogP contribution is 2.23. The number of pyridine rings is 1. The second kappa shape index (κ2) is 4.88. The molecule has 6 nitrogen and oxygen atoms in total. The van der Waals surface area contributed by atoms with Crippen LogP contribution in [0.4, 0.5) is 0 Å². The number of hydrogen-bond acceptors (Lipinski definition) is 6. The molecule has 0 aliphatic heterocycles. The number of aryl methyl sites for hydroxylation is 1. The van der Waals surface area contributed by atoms with Crippen LogP contribution < -0.4 is 10.5 Å². The SMILES string of the molecule is CCc1nsc(Oc2cncc(C(N)=O)c2)n1. The maximum atomic E-state index is 11.0. The Kier molecular flexibility index (Phi) is 3.29. The molecular formula is C10H10N4O2S. The molecule has 0 radical (unpaired) electrons. The molecule has 7 heteroatoms. The highest BCUT2D eigenvalue weighted by Gasteiger charge is 2.07. The number of rotatable bonds is 4. The van der Waals surface area contributed by atoms with Crippen molar-refractivity contribution in [2.75, 3.05) is 0 Å². The molecule has 0 fully saturated rings. The van der Waals surface area contributed by atoms with Gasteiger partial charge in [0.2, 0.25) is 5.91 Å². The van der Waals surface area contributed by atoms with Gasteiger partial charge in [-0.1, -0.05) is 6.92 Å². The molecule has 0 aliphatic carbocycles. The van der Waals surface area contributed by atoms with Gasteiger partial charge in [-0.25, -0.2) is 0 Å². The zero-order chi connectivity index (χ0) is 12.3. The molecule has 2 aromatic rings. The van der Waals surface area contributed by atoms with Crippen LogP contribution in [-0.2, 0) is 6.42 Å². The van der Waals surface area contributed by atoms with Crippen molar-refractivity contribution in [2.24, 2.45) is 5.73 Å². The van der Waals surface area contributed by atoms with E-state index in [1.807, 2.05) is 6.92 Å². The zero-order valence-corrected chi connectivity index (χ0v) is 9.90. The number of nitrogens with zero attached hydrogens (tertiary/aromatic N) is 3. The van der Waals surface area contributed by atoms with E-state index in [4.69, 9.17) is 10.5 Å². The number of nitrogens with two attached hydrogens (primary N) is 1. The first-order valence-corrected chi connectivity index (χ1v) is 5.71. The fraction of sp³-hybridized carbons (Fsp3) is 0.200. The Labute approximate surface area is 102 Å². The Morgan fingerprint density at radius 3 is 3.00 bits per heavy atom. The lowest BCUT2D eigenvalue weighted by Gasteiger charge is -2.01. The summed E-state index contributed by atoms with van der Waals surface area (Å²) in [6.45, 7) is 1.96. The average Bonchev–Trinajstić information content (AvgIpc) is 2.77. The molecule has 0 saturated heterocycles. The van der Waals surface area contributed by atoms with Crippen LogP contribution in [0.15, 0.2) is 18.5 Å². The Balaban J connectivity index is 2.18. The van der Waals surface area contributed by atoms with Gasteiger partial charge in [-0.05, 0) is 6.07 Å². The number of carbonyl (C=O) groups excluding carboxylic acids is 1. The molecule has 0 atom stereocenters. The first-order chi connectivity index (χ1) is 8.19. The van der Waals surface area contributed by atoms with E-state index in [9.17, 15) is 4.79 Å². The summed E-state index contributed by atoms with van der Waals surface area (Å²) in [4.78, 5) is 19.0. The number of amides is 1. The molecule has 17 heavy (non-hydrogen) atoms. The van der Waals surface area contributed by atoms with Crippen molar-refractivity contribution in [3.63, 3.8) is 0 Å². The third-order valence-corrected chi connectivity index (χ3v) is 2.60. The summed E-state index contributed by atoms with van der Waals surface area (Å²) in [6, 6.07) is 1.52. The van der Waals surface area contributed by atoms with Crippen molar-refractivity contribution in [1.82, 2.24) is 14.3 Å². The van der Waals surface area contributed by atoms with E-state index in [1.54, 1.807) is 0 Å². The van der Waals surface area contributed by atoms with Crippen molar-refractivity contribution in [1.29, 1.82) is 0 Å². The largest absolute Gasteiger partial charge is 0.428 e. The van der Waals surface area contributed by atoms with Gasteiger partial charge in [-0.3, -0.25) is 9.78 Å². The predicted octanol–water partition coefficient (Wildman–Crippen LogP) is 1.39. The lowest BCUT2D eigenvalue weighted by atomic mass is 10.3. The van der Waals surface area contributed by atoms with Crippen molar-refractivity contribution in [3.05, 3.63) is 29.8 Å². The van der Waals surface area contributed by atoms with Gasteiger partial charge in [0.25, 0.3) is 5.19 Å². The van der Waals surface area contributed by atoms with Crippen molar-refractivity contribution in [3.8, 4) is 10.9 Å². The van der Waals surface area contributed by atoms with Gasteiger partial charge in [0.05, 0.1) is 11.8 Å². The standard InChI is InChI=1S/C10H10N4O2S/c1-2-8-13-10(17-14-8)16-7-3-6(9(11)15)4-12-5-7/h3-5H,2H2,1H3,(H2,11,15). The Bertz CT molecular complexity index is 541. The van der Waals surface area contributed by atoms with E-state index in [0.717, 1.165) is 23.8 Å². The van der Waals surface area contributed by atoms with Crippen molar-refractivity contribution < 1.29 is 9.53 Å². The summed E-state index contributed by atoms with van der Waals surface area (Å²) in [5.41, 5.74) is 5.44. The molecule has 2 aromatic heterocycles. The summed E-state index contributed by atoms with van der Waals surface area (Å²) >= 11 is 1.16. The highest BCUT2D eigenvalue weighted by atomic mass is 32.1. The van der Waals surface area contributed by atoms with Gasteiger partial charge in [-0.15, -0.1) is 0 Å². The number of hydrogen-bond donors (Lipinski definition) is 1. The van der Waals surface area contributed by atoms with Crippen LogP contribution in [0, 0.1) is 0 Å². The number of ether oxygens (including phenoxy) is 1. The summed E-state index contributed by atoms with van der Waals surface area (Å²) < 4.78 is 9.51. The van der Waals surface area contributed by atoms with Crippen LogP contribution in [-0.4, -0.2) is 20.2 Å². The minimum Gasteiger partial charge on any atom is -0.428 e. The highest BCUT2D eigenvalue weighted by molar-refractivity contribution is 7.07. The topological polar surface area (TPSA) is 91.0 Å². The molecule has 0 spiro atoms. The van der Waals surface area contributed by atoms with Crippen LogP contribution in [0.2, 0.25) is 0 Å². The van der Waals surface area contributed by atoms with Crippen molar-refractivity contribution >= 4 is 17.4 Å². The van der Waals surface area contributed by atoms with E-state index in [2.05, 4.69) is 14.3 Å². The maximum Gasteiger partial charge on any atom is 0.298 e. The fourth-order valence-corrected chi connectivity index (χ4v) is 1.77. The third-order valence-electron chi connectivity index (χ3n) is 1.97. The molecule has 2 N–H and O–H groups in total. The van der Waals surface area contributed by atoms with Gasteiger partial charge in [0.1, 0.15) is 11.6 Å². The monoisotopic (exact) mass is 250 g/mol. The van der Waals surface area contributed by atoms with E-state index >= 15 is 0 Å². The normalized spacial score (nSPS) is 10.2. The second-order valence-electron chi connectivity index (χ2n) is 3.21. The summed E-state index contributed by atoms with van der Waals surface area (Å²) in [5, 5.41) is 0.422. The second-order valence-corrected chi connectivity index (χ2v) is 3.92. The molecular weight excluding hydrogens is 240 g/mol. The number of aromatic nitrogens is 3. The number of carbonyl (C=O) groups is 1. The molecule has 0 bridgehead atoms.